The third kappa shape index (κ3) is 9.29. The zero-order chi connectivity index (χ0) is 35.3. The van der Waals surface area contributed by atoms with E-state index in [2.05, 4.69) is 10.6 Å². The number of aliphatic hydroxyl groups is 8. The molecule has 3 saturated heterocycles. The third-order valence-corrected chi connectivity index (χ3v) is 8.00. The Morgan fingerprint density at radius 2 is 1.23 bits per heavy atom. The van der Waals surface area contributed by atoms with Crippen LogP contribution < -0.4 is 16.4 Å². The lowest BCUT2D eigenvalue weighted by atomic mass is 9.94. The summed E-state index contributed by atoms with van der Waals surface area (Å²) < 4.78 is 34.1. The maximum atomic E-state index is 12.2. The standard InChI is InChI=1S/C26H45N3O18/c1-7(13(27)23(40)41)43-25-15(29-9(3)33)22(47-26-21(39)20(38)17(35)11(5-31)45-26)18(36)12(46-25)6-42-24-14(28-8(2)32)19(37)16(34)10(4-30)44-24/h7,10-22,24-26,30-31,34-39H,4-6,27H2,1-3H3,(H,28,32)(H,29,33)(H,40,41). The second kappa shape index (κ2) is 17.0. The minimum Gasteiger partial charge on any atom is -0.480 e. The molecule has 21 heteroatoms. The smallest absolute Gasteiger partial charge is 0.323 e. The summed E-state index contributed by atoms with van der Waals surface area (Å²) in [6, 6.07) is -4.45. The van der Waals surface area contributed by atoms with Crippen molar-refractivity contribution in [3.8, 4) is 0 Å². The number of aliphatic hydroxyl groups excluding tert-OH is 8. The van der Waals surface area contributed by atoms with E-state index in [1.165, 1.54) is 6.92 Å². The lowest BCUT2D eigenvalue weighted by Gasteiger charge is -2.48. The Kier molecular flexibility index (Phi) is 14.2. The lowest BCUT2D eigenvalue weighted by Crippen LogP contribution is -2.69. The van der Waals surface area contributed by atoms with Gasteiger partial charge in [-0.25, -0.2) is 0 Å². The molecule has 0 bridgehead atoms. The highest BCUT2D eigenvalue weighted by Gasteiger charge is 2.53. The molecule has 3 fully saturated rings. The number of hydrogen-bond acceptors (Lipinski definition) is 18. The fourth-order valence-corrected chi connectivity index (χ4v) is 5.36. The second-order valence-corrected chi connectivity index (χ2v) is 11.5. The molecule has 0 saturated carbocycles. The molecule has 0 aromatic heterocycles. The molecular weight excluding hydrogens is 642 g/mol. The van der Waals surface area contributed by atoms with E-state index in [1.54, 1.807) is 0 Å². The average molecular weight is 688 g/mol. The van der Waals surface area contributed by atoms with E-state index in [9.17, 15) is 60.3 Å². The van der Waals surface area contributed by atoms with Crippen molar-refractivity contribution >= 4 is 17.8 Å². The highest BCUT2D eigenvalue weighted by Crippen LogP contribution is 2.31. The van der Waals surface area contributed by atoms with E-state index in [-0.39, 0.29) is 0 Å². The van der Waals surface area contributed by atoms with E-state index in [1.807, 2.05) is 0 Å². The lowest BCUT2D eigenvalue weighted by molar-refractivity contribution is -0.351. The Morgan fingerprint density at radius 3 is 1.77 bits per heavy atom. The van der Waals surface area contributed by atoms with Crippen LogP contribution in [0.3, 0.4) is 0 Å². The predicted molar refractivity (Wildman–Crippen MR) is 148 cm³/mol. The maximum Gasteiger partial charge on any atom is 0.323 e. The van der Waals surface area contributed by atoms with Gasteiger partial charge in [0, 0.05) is 13.8 Å². The van der Waals surface area contributed by atoms with Crippen LogP contribution in [0.15, 0.2) is 0 Å². The summed E-state index contributed by atoms with van der Waals surface area (Å²) >= 11 is 0. The van der Waals surface area contributed by atoms with Crippen LogP contribution in [0.25, 0.3) is 0 Å². The van der Waals surface area contributed by atoms with Gasteiger partial charge in [0.1, 0.15) is 79.2 Å². The van der Waals surface area contributed by atoms with Crippen LogP contribution in [0.1, 0.15) is 20.8 Å². The van der Waals surface area contributed by atoms with Gasteiger partial charge < -0.3 is 90.7 Å². The molecular formula is C26H45N3O18. The van der Waals surface area contributed by atoms with Gasteiger partial charge in [-0.2, -0.15) is 0 Å². The summed E-state index contributed by atoms with van der Waals surface area (Å²) in [5.41, 5.74) is 5.69. The van der Waals surface area contributed by atoms with Gasteiger partial charge in [-0.15, -0.1) is 0 Å². The molecule has 0 radical (unpaired) electrons. The fourth-order valence-electron chi connectivity index (χ4n) is 5.36. The molecule has 0 aromatic rings. The zero-order valence-corrected chi connectivity index (χ0v) is 25.7. The number of nitrogens with two attached hydrogens (primary N) is 1. The number of nitrogens with one attached hydrogen (secondary N) is 2. The quantitative estimate of drug-likeness (QED) is 0.0855. The highest BCUT2D eigenvalue weighted by atomic mass is 16.7. The van der Waals surface area contributed by atoms with Gasteiger partial charge in [0.25, 0.3) is 0 Å². The zero-order valence-electron chi connectivity index (χ0n) is 25.7. The number of amides is 2. The number of carbonyl (C=O) groups excluding carboxylic acids is 2. The van der Waals surface area contributed by atoms with Crippen LogP contribution in [-0.4, -0.2) is 188 Å². The Labute approximate surface area is 268 Å². The van der Waals surface area contributed by atoms with Crippen LogP contribution in [-0.2, 0) is 42.8 Å². The molecule has 3 aliphatic heterocycles. The first-order chi connectivity index (χ1) is 22.0. The van der Waals surface area contributed by atoms with Crippen molar-refractivity contribution in [1.82, 2.24) is 10.6 Å². The van der Waals surface area contributed by atoms with E-state index in [4.69, 9.17) is 34.2 Å². The molecule has 21 nitrogen and oxygen atoms in total. The van der Waals surface area contributed by atoms with Gasteiger partial charge >= 0.3 is 5.97 Å². The number of ether oxygens (including phenoxy) is 6. The molecule has 17 atom stereocenters. The molecule has 3 heterocycles. The first-order valence-electron chi connectivity index (χ1n) is 14.7. The van der Waals surface area contributed by atoms with Crippen LogP contribution in [0.2, 0.25) is 0 Å². The molecule has 13 N–H and O–H groups in total. The molecule has 0 spiro atoms. The van der Waals surface area contributed by atoms with E-state index < -0.39 is 142 Å². The van der Waals surface area contributed by atoms with Crippen molar-refractivity contribution in [2.75, 3.05) is 19.8 Å². The normalized spacial score (nSPS) is 42.3. The molecule has 3 rings (SSSR count). The first-order valence-corrected chi connectivity index (χ1v) is 14.7. The number of carbonyl (C=O) groups is 3. The van der Waals surface area contributed by atoms with Gasteiger partial charge in [-0.1, -0.05) is 0 Å². The summed E-state index contributed by atoms with van der Waals surface area (Å²) in [4.78, 5) is 35.6. The number of carboxylic acid groups (broad SMARTS) is 1. The van der Waals surface area contributed by atoms with Crippen molar-refractivity contribution < 1.29 is 88.8 Å². The topological polar surface area (TPSA) is 339 Å². The summed E-state index contributed by atoms with van der Waals surface area (Å²) in [6.07, 6.45) is -22.9. The highest BCUT2D eigenvalue weighted by molar-refractivity contribution is 5.74. The summed E-state index contributed by atoms with van der Waals surface area (Å²) in [5, 5.41) is 96.7. The number of hydrogen-bond donors (Lipinski definition) is 12. The second-order valence-electron chi connectivity index (χ2n) is 11.5. The SMILES string of the molecule is CC(=O)NC1C(OCC2OC(OC(C)C(N)C(=O)O)C(NC(C)=O)C(OC3OC(CO)C(O)C(O)C3O)C2O)OC(CO)C(O)C1O. The Morgan fingerprint density at radius 1 is 0.723 bits per heavy atom. The van der Waals surface area contributed by atoms with E-state index in [0.29, 0.717) is 0 Å². The van der Waals surface area contributed by atoms with Crippen molar-refractivity contribution in [1.29, 1.82) is 0 Å². The molecule has 3 aliphatic rings. The summed E-state index contributed by atoms with van der Waals surface area (Å²) in [6.45, 7) is 1.27. The third-order valence-electron chi connectivity index (χ3n) is 8.00. The first kappa shape index (κ1) is 39.3. The van der Waals surface area contributed by atoms with E-state index in [0.717, 1.165) is 13.8 Å². The minimum absolute atomic E-state index is 0.641. The molecule has 272 valence electrons. The molecule has 2 amide bonds. The van der Waals surface area contributed by atoms with Gasteiger partial charge in [-0.3, -0.25) is 14.4 Å². The van der Waals surface area contributed by atoms with E-state index >= 15 is 0 Å². The Balaban J connectivity index is 1.94. The van der Waals surface area contributed by atoms with Gasteiger partial charge in [-0.05, 0) is 6.92 Å². The van der Waals surface area contributed by atoms with Crippen LogP contribution in [0.4, 0.5) is 0 Å². The minimum atomic E-state index is -1.94. The van der Waals surface area contributed by atoms with Gasteiger partial charge in [0.05, 0.1) is 25.9 Å². The molecule has 47 heavy (non-hydrogen) atoms. The number of carboxylic acids is 1. The largest absolute Gasteiger partial charge is 0.480 e. The number of rotatable bonds is 13. The maximum absolute atomic E-state index is 12.2. The molecule has 0 aliphatic carbocycles. The average Bonchev–Trinajstić information content (AvgIpc) is 3.01. The van der Waals surface area contributed by atoms with Crippen molar-refractivity contribution in [2.24, 2.45) is 5.73 Å². The van der Waals surface area contributed by atoms with Gasteiger partial charge in [0.2, 0.25) is 11.8 Å². The van der Waals surface area contributed by atoms with Crippen molar-refractivity contribution in [3.05, 3.63) is 0 Å². The fraction of sp³-hybridized carbons (Fsp3) is 0.885. The summed E-state index contributed by atoms with van der Waals surface area (Å²) in [5.74, 6) is -2.79. The molecule has 17 unspecified atom stereocenters. The Hall–Kier alpha value is -2.19. The van der Waals surface area contributed by atoms with Gasteiger partial charge in [0.15, 0.2) is 18.9 Å². The van der Waals surface area contributed by atoms with Crippen LogP contribution >= 0.6 is 0 Å². The monoisotopic (exact) mass is 687 g/mol. The predicted octanol–water partition coefficient (Wildman–Crippen LogP) is -7.46. The van der Waals surface area contributed by atoms with Crippen LogP contribution in [0, 0.1) is 0 Å². The number of aliphatic carboxylic acids is 1. The Bertz CT molecular complexity index is 1060. The summed E-state index contributed by atoms with van der Waals surface area (Å²) in [7, 11) is 0. The van der Waals surface area contributed by atoms with Crippen molar-refractivity contribution in [2.45, 2.75) is 125 Å². The van der Waals surface area contributed by atoms with Crippen molar-refractivity contribution in [3.63, 3.8) is 0 Å². The van der Waals surface area contributed by atoms with Crippen LogP contribution in [0.5, 0.6) is 0 Å². The molecule has 0 aromatic carbocycles.